The molecule has 0 fully saturated rings. The van der Waals surface area contributed by atoms with Crippen LogP contribution in [0.4, 0.5) is 17.1 Å². The molecule has 1 unspecified atom stereocenters. The SMILES string of the molecule is CC#Cc1ccc(-c2ccc(N(c3ccc(O)cc3O)c3ccc(O)cc3C(C)CCCCCCCC)cc2)cc1. The summed E-state index contributed by atoms with van der Waals surface area (Å²) in [6, 6.07) is 26.5. The Balaban J connectivity index is 1.70. The summed E-state index contributed by atoms with van der Waals surface area (Å²) in [5.74, 6) is 6.42. The van der Waals surface area contributed by atoms with Gasteiger partial charge in [-0.25, -0.2) is 0 Å². The number of phenolic OH excluding ortho intramolecular Hbond substituents is 3. The molecule has 0 saturated carbocycles. The first kappa shape index (κ1) is 29.6. The number of phenols is 3. The molecule has 4 rings (SSSR count). The van der Waals surface area contributed by atoms with Crippen LogP contribution in [0, 0.1) is 11.8 Å². The molecule has 0 saturated heterocycles. The van der Waals surface area contributed by atoms with Gasteiger partial charge in [-0.05, 0) is 90.6 Å². The average Bonchev–Trinajstić information content (AvgIpc) is 2.97. The van der Waals surface area contributed by atoms with E-state index in [0.29, 0.717) is 5.69 Å². The van der Waals surface area contributed by atoms with Crippen LogP contribution < -0.4 is 4.90 Å². The standard InChI is InChI=1S/C37H41NO3/c1-4-6-7-8-9-10-12-27(3)34-25-32(39)21-23-35(34)38(36-24-22-33(40)26-37(36)41)31-19-17-30(18-20-31)29-15-13-28(11-5-2)14-16-29/h13-27,39-41H,4,6-10,12H2,1-3H3. The first-order valence-electron chi connectivity index (χ1n) is 14.7. The third kappa shape index (κ3) is 7.64. The van der Waals surface area contributed by atoms with E-state index in [-0.39, 0.29) is 23.2 Å². The minimum Gasteiger partial charge on any atom is -0.508 e. The Labute approximate surface area is 244 Å². The normalized spacial score (nSPS) is 11.5. The molecule has 0 aliphatic carbocycles. The number of rotatable bonds is 12. The number of hydrogen-bond acceptors (Lipinski definition) is 4. The molecule has 41 heavy (non-hydrogen) atoms. The maximum absolute atomic E-state index is 11.0. The maximum atomic E-state index is 11.0. The summed E-state index contributed by atoms with van der Waals surface area (Å²) in [5.41, 5.74) is 6.47. The Morgan fingerprint density at radius 1 is 0.683 bits per heavy atom. The van der Waals surface area contributed by atoms with Gasteiger partial charge in [0.15, 0.2) is 0 Å². The highest BCUT2D eigenvalue weighted by Crippen LogP contribution is 2.45. The molecule has 1 atom stereocenters. The number of nitrogens with zero attached hydrogens (tertiary/aromatic N) is 1. The topological polar surface area (TPSA) is 63.9 Å². The second-order valence-electron chi connectivity index (χ2n) is 10.7. The third-order valence-electron chi connectivity index (χ3n) is 7.59. The van der Waals surface area contributed by atoms with Gasteiger partial charge in [0.1, 0.15) is 17.2 Å². The molecule has 0 radical (unpaired) electrons. The van der Waals surface area contributed by atoms with E-state index < -0.39 is 0 Å². The zero-order valence-electron chi connectivity index (χ0n) is 24.4. The highest BCUT2D eigenvalue weighted by atomic mass is 16.3. The Kier molecular flexibility index (Phi) is 10.3. The molecule has 4 nitrogen and oxygen atoms in total. The quantitative estimate of drug-likeness (QED) is 0.122. The van der Waals surface area contributed by atoms with Gasteiger partial charge in [-0.3, -0.25) is 0 Å². The Morgan fingerprint density at radius 2 is 1.27 bits per heavy atom. The zero-order chi connectivity index (χ0) is 29.2. The summed E-state index contributed by atoms with van der Waals surface area (Å²) in [5, 5.41) is 31.4. The molecule has 4 aromatic rings. The van der Waals surface area contributed by atoms with E-state index >= 15 is 0 Å². The summed E-state index contributed by atoms with van der Waals surface area (Å²) in [6.45, 7) is 6.27. The molecule has 0 spiro atoms. The lowest BCUT2D eigenvalue weighted by Gasteiger charge is -2.30. The van der Waals surface area contributed by atoms with Crippen molar-refractivity contribution in [3.05, 3.63) is 96.1 Å². The van der Waals surface area contributed by atoms with E-state index in [2.05, 4.69) is 50.0 Å². The van der Waals surface area contributed by atoms with Crippen LogP contribution in [0.5, 0.6) is 17.2 Å². The van der Waals surface area contributed by atoms with Gasteiger partial charge in [0, 0.05) is 23.0 Å². The first-order chi connectivity index (χ1) is 19.9. The minimum absolute atomic E-state index is 0.000119. The Bertz CT molecular complexity index is 1480. The number of aromatic hydroxyl groups is 3. The van der Waals surface area contributed by atoms with Crippen LogP contribution in [0.3, 0.4) is 0 Å². The zero-order valence-corrected chi connectivity index (χ0v) is 24.4. The Hall–Kier alpha value is -4.36. The largest absolute Gasteiger partial charge is 0.508 e. The van der Waals surface area contributed by atoms with Crippen molar-refractivity contribution in [3.8, 4) is 40.2 Å². The van der Waals surface area contributed by atoms with Gasteiger partial charge >= 0.3 is 0 Å². The molecule has 0 heterocycles. The van der Waals surface area contributed by atoms with E-state index in [1.165, 1.54) is 38.2 Å². The van der Waals surface area contributed by atoms with Gasteiger partial charge in [0.05, 0.1) is 5.69 Å². The van der Waals surface area contributed by atoms with Crippen LogP contribution in [-0.4, -0.2) is 15.3 Å². The smallest absolute Gasteiger partial charge is 0.143 e. The minimum atomic E-state index is -0.0238. The van der Waals surface area contributed by atoms with Gasteiger partial charge in [-0.2, -0.15) is 0 Å². The first-order valence-corrected chi connectivity index (χ1v) is 14.7. The van der Waals surface area contributed by atoms with Gasteiger partial charge in [-0.15, -0.1) is 5.92 Å². The van der Waals surface area contributed by atoms with Crippen LogP contribution in [-0.2, 0) is 0 Å². The van der Waals surface area contributed by atoms with Crippen molar-refractivity contribution in [1.29, 1.82) is 0 Å². The fourth-order valence-electron chi connectivity index (χ4n) is 5.33. The van der Waals surface area contributed by atoms with Crippen molar-refractivity contribution in [1.82, 2.24) is 0 Å². The van der Waals surface area contributed by atoms with Crippen LogP contribution in [0.2, 0.25) is 0 Å². The molecule has 0 aliphatic heterocycles. The number of hydrogen-bond donors (Lipinski definition) is 3. The molecule has 0 amide bonds. The lowest BCUT2D eigenvalue weighted by molar-refractivity contribution is 0.451. The summed E-state index contributed by atoms with van der Waals surface area (Å²) >= 11 is 0. The summed E-state index contributed by atoms with van der Waals surface area (Å²) in [6.07, 6.45) is 8.40. The van der Waals surface area contributed by atoms with Crippen LogP contribution in [0.15, 0.2) is 84.9 Å². The van der Waals surface area contributed by atoms with Gasteiger partial charge in [-0.1, -0.05) is 82.6 Å². The van der Waals surface area contributed by atoms with Gasteiger partial charge in [0.2, 0.25) is 0 Å². The summed E-state index contributed by atoms with van der Waals surface area (Å²) in [4.78, 5) is 2.00. The van der Waals surface area contributed by atoms with Crippen LogP contribution in [0.1, 0.15) is 82.8 Å². The number of benzene rings is 4. The predicted molar refractivity (Wildman–Crippen MR) is 171 cm³/mol. The van der Waals surface area contributed by atoms with E-state index in [4.69, 9.17) is 0 Å². The Morgan fingerprint density at radius 3 is 1.90 bits per heavy atom. The van der Waals surface area contributed by atoms with Crippen molar-refractivity contribution < 1.29 is 15.3 Å². The third-order valence-corrected chi connectivity index (χ3v) is 7.59. The second kappa shape index (κ2) is 14.3. The monoisotopic (exact) mass is 547 g/mol. The number of unbranched alkanes of at least 4 members (excludes halogenated alkanes) is 5. The van der Waals surface area contributed by atoms with E-state index in [1.54, 1.807) is 18.2 Å². The number of anilines is 3. The lowest BCUT2D eigenvalue weighted by Crippen LogP contribution is -2.13. The van der Waals surface area contributed by atoms with Crippen molar-refractivity contribution in [2.24, 2.45) is 0 Å². The molecule has 212 valence electrons. The fraction of sp³-hybridized carbons (Fsp3) is 0.297. The molecule has 4 aromatic carbocycles. The van der Waals surface area contributed by atoms with Crippen molar-refractivity contribution in [3.63, 3.8) is 0 Å². The van der Waals surface area contributed by atoms with E-state index in [9.17, 15) is 15.3 Å². The van der Waals surface area contributed by atoms with Crippen LogP contribution in [0.25, 0.3) is 11.1 Å². The van der Waals surface area contributed by atoms with Gasteiger partial charge in [0.25, 0.3) is 0 Å². The second-order valence-corrected chi connectivity index (χ2v) is 10.7. The van der Waals surface area contributed by atoms with Crippen molar-refractivity contribution in [2.75, 3.05) is 4.90 Å². The molecule has 3 N–H and O–H groups in total. The maximum Gasteiger partial charge on any atom is 0.143 e. The van der Waals surface area contributed by atoms with Crippen LogP contribution >= 0.6 is 0 Å². The average molecular weight is 548 g/mol. The molecule has 0 bridgehead atoms. The lowest BCUT2D eigenvalue weighted by atomic mass is 9.92. The van der Waals surface area contributed by atoms with Gasteiger partial charge < -0.3 is 20.2 Å². The van der Waals surface area contributed by atoms with Crippen molar-refractivity contribution in [2.45, 2.75) is 71.6 Å². The van der Waals surface area contributed by atoms with Crippen molar-refractivity contribution >= 4 is 17.1 Å². The highest BCUT2D eigenvalue weighted by molar-refractivity contribution is 5.83. The molecule has 0 aliphatic rings. The summed E-state index contributed by atoms with van der Waals surface area (Å²) < 4.78 is 0. The molecule has 4 heteroatoms. The summed E-state index contributed by atoms with van der Waals surface area (Å²) in [7, 11) is 0. The molecular formula is C37H41NO3. The fourth-order valence-corrected chi connectivity index (χ4v) is 5.33. The highest BCUT2D eigenvalue weighted by Gasteiger charge is 2.22. The van der Waals surface area contributed by atoms with E-state index in [0.717, 1.165) is 46.5 Å². The van der Waals surface area contributed by atoms with E-state index in [1.807, 2.05) is 48.2 Å². The predicted octanol–water partition coefficient (Wildman–Crippen LogP) is 10.2. The molecular weight excluding hydrogens is 506 g/mol. The molecule has 0 aromatic heterocycles.